The first-order chi connectivity index (χ1) is 9.03. The molecule has 1 fully saturated rings. The summed E-state index contributed by atoms with van der Waals surface area (Å²) in [5.41, 5.74) is 0.693. The summed E-state index contributed by atoms with van der Waals surface area (Å²) in [6.07, 6.45) is 4.62. The Bertz CT molecular complexity index is 403. The average molecular weight is 267 g/mol. The van der Waals surface area contributed by atoms with Crippen molar-refractivity contribution in [2.24, 2.45) is 5.92 Å². The fourth-order valence-electron chi connectivity index (χ4n) is 2.55. The number of likely N-dealkylation sites (tertiary alicyclic amines) is 1. The molecular formula is C14H25N3O2. The highest BCUT2D eigenvalue weighted by molar-refractivity contribution is 5.00. The summed E-state index contributed by atoms with van der Waals surface area (Å²) in [4.78, 5) is 6.61. The summed E-state index contributed by atoms with van der Waals surface area (Å²) in [7, 11) is 1.71. The van der Waals surface area contributed by atoms with Crippen LogP contribution in [0.15, 0.2) is 12.5 Å². The second-order valence-electron chi connectivity index (χ2n) is 5.81. The zero-order valence-electron chi connectivity index (χ0n) is 12.2. The number of rotatable bonds is 5. The highest BCUT2D eigenvalue weighted by Crippen LogP contribution is 2.27. The topological polar surface area (TPSA) is 50.5 Å². The second-order valence-corrected chi connectivity index (χ2v) is 5.81. The van der Waals surface area contributed by atoms with Crippen LogP contribution >= 0.6 is 0 Å². The molecule has 0 aliphatic carbocycles. The Labute approximate surface area is 115 Å². The van der Waals surface area contributed by atoms with Crippen molar-refractivity contribution in [2.45, 2.75) is 39.0 Å². The summed E-state index contributed by atoms with van der Waals surface area (Å²) < 4.78 is 7.25. The van der Waals surface area contributed by atoms with Crippen molar-refractivity contribution in [3.63, 3.8) is 0 Å². The first kappa shape index (κ1) is 14.5. The normalized spacial score (nSPS) is 28.7. The number of aromatic nitrogens is 2. The van der Waals surface area contributed by atoms with Crippen LogP contribution in [0.2, 0.25) is 0 Å². The lowest BCUT2D eigenvalue weighted by Crippen LogP contribution is -2.48. The summed E-state index contributed by atoms with van der Waals surface area (Å²) >= 11 is 0. The summed E-state index contributed by atoms with van der Waals surface area (Å²) in [6, 6.07) is 0. The molecule has 5 heteroatoms. The molecule has 1 aliphatic rings. The molecule has 0 radical (unpaired) electrons. The number of hydrogen-bond acceptors (Lipinski definition) is 4. The van der Waals surface area contributed by atoms with E-state index in [9.17, 15) is 5.11 Å². The fourth-order valence-corrected chi connectivity index (χ4v) is 2.55. The molecule has 0 unspecified atom stereocenters. The van der Waals surface area contributed by atoms with Crippen LogP contribution in [-0.2, 0) is 17.8 Å². The van der Waals surface area contributed by atoms with Gasteiger partial charge in [-0.2, -0.15) is 0 Å². The Morgan fingerprint density at radius 1 is 1.58 bits per heavy atom. The molecule has 0 aromatic carbocycles. The molecule has 108 valence electrons. The van der Waals surface area contributed by atoms with Gasteiger partial charge in [-0.15, -0.1) is 0 Å². The molecule has 2 heterocycles. The van der Waals surface area contributed by atoms with E-state index < -0.39 is 5.60 Å². The molecule has 2 atom stereocenters. The molecule has 1 aromatic heterocycles. The minimum atomic E-state index is -0.521. The van der Waals surface area contributed by atoms with Crippen molar-refractivity contribution >= 4 is 0 Å². The molecule has 0 spiro atoms. The monoisotopic (exact) mass is 267 g/mol. The lowest BCUT2D eigenvalue weighted by atomic mass is 9.84. The van der Waals surface area contributed by atoms with E-state index in [-0.39, 0.29) is 0 Å². The molecular weight excluding hydrogens is 242 g/mol. The molecule has 1 aromatic rings. The van der Waals surface area contributed by atoms with Crippen molar-refractivity contribution in [2.75, 3.05) is 26.8 Å². The van der Waals surface area contributed by atoms with Gasteiger partial charge in [-0.1, -0.05) is 6.92 Å². The Kier molecular flexibility index (Phi) is 4.60. The quantitative estimate of drug-likeness (QED) is 0.868. The summed E-state index contributed by atoms with van der Waals surface area (Å²) in [5, 5.41) is 10.2. The SMILES string of the molecule is COCCn1cncc1CN1CC[C@](C)(O)[C@H](C)C1. The lowest BCUT2D eigenvalue weighted by Gasteiger charge is -2.41. The third-order valence-corrected chi connectivity index (χ3v) is 4.25. The van der Waals surface area contributed by atoms with E-state index in [1.165, 1.54) is 5.69 Å². The van der Waals surface area contributed by atoms with Crippen molar-refractivity contribution in [1.82, 2.24) is 14.5 Å². The highest BCUT2D eigenvalue weighted by Gasteiger charge is 2.34. The Balaban J connectivity index is 1.93. The maximum atomic E-state index is 10.2. The molecule has 0 bridgehead atoms. The van der Waals surface area contributed by atoms with Gasteiger partial charge >= 0.3 is 0 Å². The first-order valence-corrected chi connectivity index (χ1v) is 6.95. The van der Waals surface area contributed by atoms with Crippen LogP contribution < -0.4 is 0 Å². The second kappa shape index (κ2) is 6.03. The van der Waals surface area contributed by atoms with Crippen molar-refractivity contribution in [1.29, 1.82) is 0 Å². The number of nitrogens with zero attached hydrogens (tertiary/aromatic N) is 3. The molecule has 5 nitrogen and oxygen atoms in total. The first-order valence-electron chi connectivity index (χ1n) is 6.95. The van der Waals surface area contributed by atoms with Gasteiger partial charge in [0.1, 0.15) is 0 Å². The van der Waals surface area contributed by atoms with Crippen LogP contribution in [-0.4, -0.2) is 52.0 Å². The lowest BCUT2D eigenvalue weighted by molar-refractivity contribution is -0.0528. The van der Waals surface area contributed by atoms with Crippen LogP contribution in [0.1, 0.15) is 26.0 Å². The van der Waals surface area contributed by atoms with Crippen LogP contribution in [0.25, 0.3) is 0 Å². The van der Waals surface area contributed by atoms with Crippen LogP contribution in [0.3, 0.4) is 0 Å². The van der Waals surface area contributed by atoms with Gasteiger partial charge in [-0.3, -0.25) is 4.90 Å². The van der Waals surface area contributed by atoms with Gasteiger partial charge in [0, 0.05) is 39.5 Å². The smallest absolute Gasteiger partial charge is 0.0949 e. The van der Waals surface area contributed by atoms with E-state index in [4.69, 9.17) is 4.74 Å². The predicted molar refractivity (Wildman–Crippen MR) is 73.8 cm³/mol. The van der Waals surface area contributed by atoms with Crippen LogP contribution in [0, 0.1) is 5.92 Å². The van der Waals surface area contributed by atoms with E-state index in [2.05, 4.69) is 21.4 Å². The molecule has 1 N–H and O–H groups in total. The predicted octanol–water partition coefficient (Wildman–Crippen LogP) is 1.12. The largest absolute Gasteiger partial charge is 0.390 e. The number of hydrogen-bond donors (Lipinski definition) is 1. The van der Waals surface area contributed by atoms with Gasteiger partial charge in [0.25, 0.3) is 0 Å². The number of aliphatic hydroxyl groups is 1. The molecule has 2 rings (SSSR count). The maximum absolute atomic E-state index is 10.2. The molecule has 1 saturated heterocycles. The Hall–Kier alpha value is -0.910. The summed E-state index contributed by atoms with van der Waals surface area (Å²) in [6.45, 7) is 8.37. The van der Waals surface area contributed by atoms with E-state index in [1.54, 1.807) is 7.11 Å². The fraction of sp³-hybridized carbons (Fsp3) is 0.786. The van der Waals surface area contributed by atoms with E-state index in [0.717, 1.165) is 32.6 Å². The molecule has 19 heavy (non-hydrogen) atoms. The van der Waals surface area contributed by atoms with Gasteiger partial charge in [0.05, 0.1) is 24.2 Å². The van der Waals surface area contributed by atoms with Crippen LogP contribution in [0.4, 0.5) is 0 Å². The van der Waals surface area contributed by atoms with E-state index in [1.807, 2.05) is 19.4 Å². The number of ether oxygens (including phenoxy) is 1. The standard InChI is InChI=1S/C14H25N3O2/c1-12-9-16(5-4-14(12,2)18)10-13-8-15-11-17(13)6-7-19-3/h8,11-12,18H,4-7,9-10H2,1-3H3/t12-,14+/m1/s1. The Morgan fingerprint density at radius 2 is 2.37 bits per heavy atom. The van der Waals surface area contributed by atoms with Crippen LogP contribution in [0.5, 0.6) is 0 Å². The summed E-state index contributed by atoms with van der Waals surface area (Å²) in [5.74, 6) is 0.302. The number of imidazole rings is 1. The number of methoxy groups -OCH3 is 1. The molecule has 1 aliphatic heterocycles. The van der Waals surface area contributed by atoms with Gasteiger partial charge in [0.15, 0.2) is 0 Å². The third-order valence-electron chi connectivity index (χ3n) is 4.25. The van der Waals surface area contributed by atoms with E-state index >= 15 is 0 Å². The van der Waals surface area contributed by atoms with Crippen molar-refractivity contribution in [3.8, 4) is 0 Å². The maximum Gasteiger partial charge on any atom is 0.0949 e. The third kappa shape index (κ3) is 3.55. The minimum absolute atomic E-state index is 0.302. The van der Waals surface area contributed by atoms with E-state index in [0.29, 0.717) is 12.5 Å². The van der Waals surface area contributed by atoms with Crippen molar-refractivity contribution in [3.05, 3.63) is 18.2 Å². The number of piperidine rings is 1. The van der Waals surface area contributed by atoms with Gasteiger partial charge in [-0.25, -0.2) is 4.98 Å². The zero-order chi connectivity index (χ0) is 13.9. The van der Waals surface area contributed by atoms with Crippen molar-refractivity contribution < 1.29 is 9.84 Å². The molecule has 0 amide bonds. The highest BCUT2D eigenvalue weighted by atomic mass is 16.5. The zero-order valence-corrected chi connectivity index (χ0v) is 12.2. The average Bonchev–Trinajstić information content (AvgIpc) is 2.79. The van der Waals surface area contributed by atoms with Gasteiger partial charge in [0.2, 0.25) is 0 Å². The molecule has 0 saturated carbocycles. The minimum Gasteiger partial charge on any atom is -0.390 e. The van der Waals surface area contributed by atoms with Gasteiger partial charge in [-0.05, 0) is 19.3 Å². The van der Waals surface area contributed by atoms with Gasteiger partial charge < -0.3 is 14.4 Å². The Morgan fingerprint density at radius 3 is 3.05 bits per heavy atom.